The van der Waals surface area contributed by atoms with Crippen LogP contribution in [0.5, 0.6) is 5.75 Å². The third-order valence-corrected chi connectivity index (χ3v) is 8.52. The van der Waals surface area contributed by atoms with E-state index in [9.17, 15) is 18.0 Å². The number of sulfonamides is 1. The van der Waals surface area contributed by atoms with Gasteiger partial charge in [0.15, 0.2) is 0 Å². The van der Waals surface area contributed by atoms with Gasteiger partial charge in [0.2, 0.25) is 11.8 Å². The Bertz CT molecular complexity index is 1420. The minimum absolute atomic E-state index is 0.0723. The van der Waals surface area contributed by atoms with Crippen molar-refractivity contribution < 1.29 is 22.7 Å². The third kappa shape index (κ3) is 7.63. The minimum atomic E-state index is -4.10. The smallest absolute Gasteiger partial charge is 0.264 e. The molecule has 0 aliphatic rings. The summed E-state index contributed by atoms with van der Waals surface area (Å²) >= 11 is 0. The molecule has 0 radical (unpaired) electrons. The van der Waals surface area contributed by atoms with Crippen LogP contribution in [0.25, 0.3) is 0 Å². The molecule has 3 aromatic carbocycles. The normalized spacial score (nSPS) is 12.1. The van der Waals surface area contributed by atoms with Gasteiger partial charge in [0, 0.05) is 13.1 Å². The number of ether oxygens (including phenoxy) is 1. The molecule has 0 aliphatic heterocycles. The highest BCUT2D eigenvalue weighted by molar-refractivity contribution is 7.92. The molecule has 0 spiro atoms. The Morgan fingerprint density at radius 2 is 1.60 bits per heavy atom. The van der Waals surface area contributed by atoms with Crippen molar-refractivity contribution in [1.29, 1.82) is 0 Å². The van der Waals surface area contributed by atoms with Crippen LogP contribution in [0.3, 0.4) is 0 Å². The van der Waals surface area contributed by atoms with Crippen LogP contribution in [-0.4, -0.2) is 51.4 Å². The van der Waals surface area contributed by atoms with E-state index < -0.39 is 28.5 Å². The molecule has 1 N–H and O–H groups in total. The average Bonchev–Trinajstić information content (AvgIpc) is 2.94. The van der Waals surface area contributed by atoms with Gasteiger partial charge in [-0.15, -0.1) is 0 Å². The van der Waals surface area contributed by atoms with Gasteiger partial charge in [-0.2, -0.15) is 0 Å². The first kappa shape index (κ1) is 30.7. The standard InChI is InChI=1S/C31H39N3O5S/c1-22(2)19-32-31(36)25(5)33(20-26-11-10-12-28(18-26)39-6)30(35)21-34(27-16-15-23(3)24(4)17-27)40(37,38)29-13-8-7-9-14-29/h7-18,22,25H,19-21H2,1-6H3,(H,32,36)/t25-/m1/s1. The van der Waals surface area contributed by atoms with Crippen molar-refractivity contribution in [2.45, 2.75) is 52.1 Å². The number of aryl methyl sites for hydroxylation is 2. The average molecular weight is 566 g/mol. The van der Waals surface area contributed by atoms with Gasteiger partial charge in [-0.3, -0.25) is 13.9 Å². The SMILES string of the molecule is COc1cccc(CN(C(=O)CN(c2ccc(C)c(C)c2)S(=O)(=O)c2ccccc2)[C@H](C)C(=O)NCC(C)C)c1. The maximum atomic E-state index is 14.0. The molecule has 214 valence electrons. The molecule has 0 aliphatic carbocycles. The molecule has 0 unspecified atom stereocenters. The van der Waals surface area contributed by atoms with Gasteiger partial charge < -0.3 is 15.0 Å². The number of anilines is 1. The van der Waals surface area contributed by atoms with E-state index in [0.717, 1.165) is 21.0 Å². The molecule has 0 fully saturated rings. The van der Waals surface area contributed by atoms with Gasteiger partial charge >= 0.3 is 0 Å². The molecular formula is C31H39N3O5S. The Labute approximate surface area is 238 Å². The number of carbonyl (C=O) groups excluding carboxylic acids is 2. The monoisotopic (exact) mass is 565 g/mol. The Morgan fingerprint density at radius 3 is 2.23 bits per heavy atom. The molecule has 1 atom stereocenters. The van der Waals surface area contributed by atoms with Crippen LogP contribution in [-0.2, 0) is 26.2 Å². The van der Waals surface area contributed by atoms with E-state index in [4.69, 9.17) is 4.74 Å². The zero-order valence-corrected chi connectivity index (χ0v) is 24.9. The number of rotatable bonds is 12. The lowest BCUT2D eigenvalue weighted by Gasteiger charge is -2.32. The van der Waals surface area contributed by atoms with Crippen LogP contribution in [0, 0.1) is 19.8 Å². The van der Waals surface area contributed by atoms with Gasteiger partial charge in [0.25, 0.3) is 10.0 Å². The Morgan fingerprint density at radius 1 is 0.900 bits per heavy atom. The second kappa shape index (κ2) is 13.5. The predicted molar refractivity (Wildman–Crippen MR) is 158 cm³/mol. The summed E-state index contributed by atoms with van der Waals surface area (Å²) < 4.78 is 34.2. The number of hydrogen-bond acceptors (Lipinski definition) is 5. The summed E-state index contributed by atoms with van der Waals surface area (Å²) in [5, 5.41) is 2.89. The fraction of sp³-hybridized carbons (Fsp3) is 0.355. The number of benzene rings is 3. The van der Waals surface area contributed by atoms with Crippen LogP contribution >= 0.6 is 0 Å². The molecule has 0 saturated carbocycles. The van der Waals surface area contributed by atoms with Crippen molar-refractivity contribution in [1.82, 2.24) is 10.2 Å². The zero-order chi connectivity index (χ0) is 29.4. The highest BCUT2D eigenvalue weighted by Crippen LogP contribution is 2.26. The second-order valence-corrected chi connectivity index (χ2v) is 12.1. The quantitative estimate of drug-likeness (QED) is 0.344. The highest BCUT2D eigenvalue weighted by Gasteiger charge is 2.32. The molecular weight excluding hydrogens is 526 g/mol. The van der Waals surface area contributed by atoms with E-state index >= 15 is 0 Å². The van der Waals surface area contributed by atoms with Gasteiger partial charge in [-0.25, -0.2) is 8.42 Å². The Balaban J connectivity index is 2.03. The number of carbonyl (C=O) groups is 2. The number of nitrogens with zero attached hydrogens (tertiary/aromatic N) is 2. The van der Waals surface area contributed by atoms with Crippen molar-refractivity contribution in [3.63, 3.8) is 0 Å². The maximum absolute atomic E-state index is 14.0. The molecule has 8 nitrogen and oxygen atoms in total. The van der Waals surface area contributed by atoms with Crippen LogP contribution in [0.15, 0.2) is 77.7 Å². The topological polar surface area (TPSA) is 96.0 Å². The van der Waals surface area contributed by atoms with Gasteiger partial charge in [-0.05, 0) is 79.8 Å². The molecule has 3 rings (SSSR count). The molecule has 0 bridgehead atoms. The van der Waals surface area contributed by atoms with Gasteiger partial charge in [0.1, 0.15) is 18.3 Å². The number of nitrogens with one attached hydrogen (secondary N) is 1. The summed E-state index contributed by atoms with van der Waals surface area (Å²) in [4.78, 5) is 28.6. The van der Waals surface area contributed by atoms with Crippen LogP contribution in [0.4, 0.5) is 5.69 Å². The van der Waals surface area contributed by atoms with Crippen molar-refractivity contribution >= 4 is 27.5 Å². The summed E-state index contributed by atoms with van der Waals surface area (Å²) in [6, 6.07) is 19.7. The summed E-state index contributed by atoms with van der Waals surface area (Å²) in [7, 11) is -2.54. The van der Waals surface area contributed by atoms with Crippen LogP contribution in [0.1, 0.15) is 37.5 Å². The summed E-state index contributed by atoms with van der Waals surface area (Å²) in [6.07, 6.45) is 0. The minimum Gasteiger partial charge on any atom is -0.497 e. The van der Waals surface area contributed by atoms with Crippen LogP contribution in [0.2, 0.25) is 0 Å². The summed E-state index contributed by atoms with van der Waals surface area (Å²) in [6.45, 7) is 9.53. The van der Waals surface area contributed by atoms with Crippen molar-refractivity contribution in [3.8, 4) is 5.75 Å². The zero-order valence-electron chi connectivity index (χ0n) is 24.0. The molecule has 0 saturated heterocycles. The van der Waals surface area contributed by atoms with Crippen LogP contribution < -0.4 is 14.4 Å². The predicted octanol–water partition coefficient (Wildman–Crippen LogP) is 4.70. The number of hydrogen-bond donors (Lipinski definition) is 1. The van der Waals surface area contributed by atoms with Crippen molar-refractivity contribution in [3.05, 3.63) is 89.5 Å². The fourth-order valence-electron chi connectivity index (χ4n) is 4.13. The molecule has 40 heavy (non-hydrogen) atoms. The molecule has 2 amide bonds. The first-order valence-electron chi connectivity index (χ1n) is 13.3. The lowest BCUT2D eigenvalue weighted by atomic mass is 10.1. The maximum Gasteiger partial charge on any atom is 0.264 e. The van der Waals surface area contributed by atoms with E-state index in [1.165, 1.54) is 17.0 Å². The van der Waals surface area contributed by atoms with E-state index in [-0.39, 0.29) is 23.3 Å². The van der Waals surface area contributed by atoms with E-state index in [0.29, 0.717) is 18.0 Å². The molecule has 0 heterocycles. The van der Waals surface area contributed by atoms with Crippen molar-refractivity contribution in [2.24, 2.45) is 5.92 Å². The molecule has 0 aromatic heterocycles. The Kier molecular flexibility index (Phi) is 10.3. The van der Waals surface area contributed by atoms with E-state index in [1.807, 2.05) is 45.9 Å². The highest BCUT2D eigenvalue weighted by atomic mass is 32.2. The van der Waals surface area contributed by atoms with Crippen molar-refractivity contribution in [2.75, 3.05) is 24.5 Å². The second-order valence-electron chi connectivity index (χ2n) is 10.3. The Hall–Kier alpha value is -3.85. The lowest BCUT2D eigenvalue weighted by molar-refractivity contribution is -0.139. The number of methoxy groups -OCH3 is 1. The fourth-order valence-corrected chi connectivity index (χ4v) is 5.56. The first-order valence-corrected chi connectivity index (χ1v) is 14.7. The van der Waals surface area contributed by atoms with Gasteiger partial charge in [0.05, 0.1) is 17.7 Å². The largest absolute Gasteiger partial charge is 0.497 e. The van der Waals surface area contributed by atoms with E-state index in [2.05, 4.69) is 5.32 Å². The van der Waals surface area contributed by atoms with Gasteiger partial charge in [-0.1, -0.05) is 50.2 Å². The van der Waals surface area contributed by atoms with E-state index in [1.54, 1.807) is 56.5 Å². The molecule has 9 heteroatoms. The summed E-state index contributed by atoms with van der Waals surface area (Å²) in [5.41, 5.74) is 3.02. The third-order valence-electron chi connectivity index (χ3n) is 6.73. The lowest BCUT2D eigenvalue weighted by Crippen LogP contribution is -2.51. The molecule has 3 aromatic rings. The summed E-state index contributed by atoms with van der Waals surface area (Å²) in [5.74, 6) is 0.0292. The first-order chi connectivity index (χ1) is 18.9. The number of amides is 2.